The molecular weight excluding hydrogens is 583 g/mol. The fourth-order valence-electron chi connectivity index (χ4n) is 5.10. The molecule has 1 fully saturated rings. The Morgan fingerprint density at radius 3 is 2.52 bits per heavy atom. The second kappa shape index (κ2) is 11.3. The zero-order valence-corrected chi connectivity index (χ0v) is 23.9. The number of nitrogens with zero attached hydrogens (tertiary/aromatic N) is 4. The molecule has 0 bridgehead atoms. The van der Waals surface area contributed by atoms with Crippen LogP contribution in [0.1, 0.15) is 36.8 Å². The topological polar surface area (TPSA) is 111 Å². The monoisotopic (exact) mass is 612 g/mol. The quantitative estimate of drug-likeness (QED) is 0.436. The van der Waals surface area contributed by atoms with Crippen molar-refractivity contribution in [1.29, 1.82) is 0 Å². The predicted molar refractivity (Wildman–Crippen MR) is 148 cm³/mol. The van der Waals surface area contributed by atoms with Crippen LogP contribution in [0.15, 0.2) is 53.1 Å². The van der Waals surface area contributed by atoms with Crippen molar-refractivity contribution >= 4 is 34.0 Å². The van der Waals surface area contributed by atoms with Gasteiger partial charge in [-0.1, -0.05) is 48.0 Å². The van der Waals surface area contributed by atoms with Crippen molar-refractivity contribution in [1.82, 2.24) is 30.0 Å². The second-order valence-corrected chi connectivity index (χ2v) is 11.2. The number of alkyl carbamates (subject to hydrolysis) is 1. The molecule has 10 nitrogen and oxygen atoms in total. The number of H-pyrrole nitrogens is 1. The van der Waals surface area contributed by atoms with E-state index in [1.54, 1.807) is 27.0 Å². The molecular formula is C28H30BrFN6O4. The summed E-state index contributed by atoms with van der Waals surface area (Å²) in [6.07, 6.45) is 0.984. The molecule has 0 radical (unpaired) electrons. The Bertz CT molecular complexity index is 1430. The second-order valence-electron chi connectivity index (χ2n) is 10.3. The maximum absolute atomic E-state index is 13.9. The van der Waals surface area contributed by atoms with E-state index in [0.29, 0.717) is 12.4 Å². The number of aromatic amines is 1. The Morgan fingerprint density at radius 1 is 1.10 bits per heavy atom. The number of hydrogen-bond acceptors (Lipinski definition) is 5. The molecule has 40 heavy (non-hydrogen) atoms. The summed E-state index contributed by atoms with van der Waals surface area (Å²) in [5.41, 5.74) is 3.35. The van der Waals surface area contributed by atoms with Crippen LogP contribution in [0.5, 0.6) is 0 Å². The van der Waals surface area contributed by atoms with Crippen molar-refractivity contribution in [3.63, 3.8) is 0 Å². The molecule has 1 unspecified atom stereocenters. The zero-order valence-electron chi connectivity index (χ0n) is 22.4. The minimum Gasteiger partial charge on any atom is -0.453 e. The maximum Gasteiger partial charge on any atom is 0.407 e. The highest BCUT2D eigenvalue weighted by atomic mass is 79.9. The molecule has 0 spiro atoms. The first-order valence-electron chi connectivity index (χ1n) is 12.9. The standard InChI is InChI=1S/C28H30BrFN6O4/c1-16(2)24(33-27(38)40-3)26(37)36-15-35(28(39)34-12-18-6-9-21(30)10-19(18)13-34)14-23(36)25-31-11-22(32-25)17-4-7-20(29)8-5-17/h4-11,16,23-24H,12-15H2,1-3H3,(H,31,32)(H,33,38)/t23?,24-/m0/s1. The lowest BCUT2D eigenvalue weighted by molar-refractivity contribution is -0.135. The highest BCUT2D eigenvalue weighted by Gasteiger charge is 2.43. The number of aromatic nitrogens is 2. The van der Waals surface area contributed by atoms with Gasteiger partial charge in [-0.05, 0) is 46.9 Å². The predicted octanol–water partition coefficient (Wildman–Crippen LogP) is 4.64. The number of carbonyl (C=O) groups excluding carboxylic acids is 3. The molecule has 12 heteroatoms. The first kappa shape index (κ1) is 27.6. The Morgan fingerprint density at radius 2 is 1.82 bits per heavy atom. The van der Waals surface area contributed by atoms with Crippen LogP contribution >= 0.6 is 15.9 Å². The van der Waals surface area contributed by atoms with Gasteiger partial charge in [0, 0.05) is 17.6 Å². The molecule has 2 atom stereocenters. The summed E-state index contributed by atoms with van der Waals surface area (Å²) in [6.45, 7) is 4.49. The summed E-state index contributed by atoms with van der Waals surface area (Å²) in [6, 6.07) is 10.5. The summed E-state index contributed by atoms with van der Waals surface area (Å²) >= 11 is 3.44. The number of amides is 4. The van der Waals surface area contributed by atoms with Crippen LogP contribution in [-0.2, 0) is 22.6 Å². The third-order valence-electron chi connectivity index (χ3n) is 7.27. The number of benzene rings is 2. The minimum atomic E-state index is -0.870. The molecule has 1 saturated heterocycles. The third-order valence-corrected chi connectivity index (χ3v) is 7.79. The van der Waals surface area contributed by atoms with Crippen LogP contribution in [0.4, 0.5) is 14.0 Å². The van der Waals surface area contributed by atoms with Gasteiger partial charge in [0.05, 0.1) is 32.2 Å². The molecule has 5 rings (SSSR count). The first-order chi connectivity index (χ1) is 19.1. The number of urea groups is 1. The number of imidazole rings is 1. The van der Waals surface area contributed by atoms with Gasteiger partial charge >= 0.3 is 12.1 Å². The molecule has 4 amide bonds. The Balaban J connectivity index is 1.42. The molecule has 2 N–H and O–H groups in total. The summed E-state index contributed by atoms with van der Waals surface area (Å²) in [7, 11) is 1.24. The SMILES string of the molecule is COC(=O)N[C@H](C(=O)N1CN(C(=O)N2Cc3ccc(F)cc3C2)CC1c1ncc(-c2ccc(Br)cc2)[nH]1)C(C)C. The van der Waals surface area contributed by atoms with Gasteiger partial charge in [-0.25, -0.2) is 19.0 Å². The Kier molecular flexibility index (Phi) is 7.79. The third kappa shape index (κ3) is 5.53. The Labute approximate surface area is 239 Å². The van der Waals surface area contributed by atoms with Crippen LogP contribution < -0.4 is 5.32 Å². The molecule has 2 aliphatic heterocycles. The summed E-state index contributed by atoms with van der Waals surface area (Å²) < 4.78 is 19.4. The molecule has 1 aromatic heterocycles. The van der Waals surface area contributed by atoms with Gasteiger partial charge in [-0.3, -0.25) is 4.79 Å². The molecule has 0 saturated carbocycles. The number of fused-ring (bicyclic) bond motifs is 1. The van der Waals surface area contributed by atoms with E-state index in [1.165, 1.54) is 19.2 Å². The number of ether oxygens (including phenoxy) is 1. The fourth-order valence-corrected chi connectivity index (χ4v) is 5.37. The van der Waals surface area contributed by atoms with E-state index in [2.05, 4.69) is 31.2 Å². The maximum atomic E-state index is 13.9. The van der Waals surface area contributed by atoms with Gasteiger partial charge in [-0.2, -0.15) is 0 Å². The molecule has 0 aliphatic carbocycles. The van der Waals surface area contributed by atoms with E-state index in [9.17, 15) is 18.8 Å². The number of methoxy groups -OCH3 is 1. The first-order valence-corrected chi connectivity index (χ1v) is 13.7. The van der Waals surface area contributed by atoms with Gasteiger partial charge in [0.25, 0.3) is 0 Å². The number of nitrogens with one attached hydrogen (secondary N) is 2. The van der Waals surface area contributed by atoms with Crippen molar-refractivity contribution in [2.24, 2.45) is 5.92 Å². The van der Waals surface area contributed by atoms with Gasteiger partial charge in [0.15, 0.2) is 0 Å². The van der Waals surface area contributed by atoms with Crippen LogP contribution in [-0.4, -0.2) is 69.1 Å². The van der Waals surface area contributed by atoms with E-state index in [0.717, 1.165) is 26.9 Å². The lowest BCUT2D eigenvalue weighted by Crippen LogP contribution is -2.52. The van der Waals surface area contributed by atoms with Crippen LogP contribution in [0.2, 0.25) is 0 Å². The molecule has 2 aliphatic rings. The average molecular weight is 613 g/mol. The van der Waals surface area contributed by atoms with Crippen LogP contribution in [0.25, 0.3) is 11.3 Å². The van der Waals surface area contributed by atoms with Crippen molar-refractivity contribution < 1.29 is 23.5 Å². The lowest BCUT2D eigenvalue weighted by atomic mass is 10.0. The van der Waals surface area contributed by atoms with E-state index < -0.39 is 18.2 Å². The largest absolute Gasteiger partial charge is 0.453 e. The smallest absolute Gasteiger partial charge is 0.407 e. The molecule has 210 valence electrons. The van der Waals surface area contributed by atoms with Crippen LogP contribution in [0.3, 0.4) is 0 Å². The highest BCUT2D eigenvalue weighted by Crippen LogP contribution is 2.32. The summed E-state index contributed by atoms with van der Waals surface area (Å²) in [5, 5.41) is 2.63. The Hall–Kier alpha value is -3.93. The van der Waals surface area contributed by atoms with E-state index in [-0.39, 0.29) is 43.4 Å². The van der Waals surface area contributed by atoms with Gasteiger partial charge in [0.2, 0.25) is 5.91 Å². The molecule has 3 heterocycles. The average Bonchev–Trinajstić information content (AvgIpc) is 3.69. The summed E-state index contributed by atoms with van der Waals surface area (Å²) in [4.78, 5) is 52.2. The van der Waals surface area contributed by atoms with Crippen molar-refractivity contribution in [2.75, 3.05) is 20.3 Å². The normalized spacial score (nSPS) is 17.2. The van der Waals surface area contributed by atoms with E-state index >= 15 is 0 Å². The van der Waals surface area contributed by atoms with Gasteiger partial charge < -0.3 is 29.7 Å². The van der Waals surface area contributed by atoms with Crippen molar-refractivity contribution in [2.45, 2.75) is 39.0 Å². The number of carbonyl (C=O) groups is 3. The number of halogens is 2. The van der Waals surface area contributed by atoms with Crippen molar-refractivity contribution in [3.8, 4) is 11.3 Å². The fraction of sp³-hybridized carbons (Fsp3) is 0.357. The van der Waals surface area contributed by atoms with Crippen molar-refractivity contribution in [3.05, 3.63) is 75.9 Å². The minimum absolute atomic E-state index is 0.00390. The van der Waals surface area contributed by atoms with Crippen LogP contribution in [0, 0.1) is 11.7 Å². The molecule has 3 aromatic rings. The summed E-state index contributed by atoms with van der Waals surface area (Å²) in [5.74, 6) is -0.416. The number of hydrogen-bond donors (Lipinski definition) is 2. The molecule has 2 aromatic carbocycles. The van der Waals surface area contributed by atoms with Gasteiger partial charge in [-0.15, -0.1) is 0 Å². The van der Waals surface area contributed by atoms with E-state index in [4.69, 9.17) is 4.74 Å². The van der Waals surface area contributed by atoms with Gasteiger partial charge in [0.1, 0.15) is 23.7 Å². The lowest BCUT2D eigenvalue weighted by Gasteiger charge is -2.29. The zero-order chi connectivity index (χ0) is 28.6. The van der Waals surface area contributed by atoms with E-state index in [1.807, 2.05) is 38.1 Å². The highest BCUT2D eigenvalue weighted by molar-refractivity contribution is 9.10. The number of rotatable bonds is 5.